The van der Waals surface area contributed by atoms with Crippen molar-refractivity contribution in [2.75, 3.05) is 31.2 Å². The van der Waals surface area contributed by atoms with Crippen LogP contribution in [0.1, 0.15) is 23.2 Å². The maximum absolute atomic E-state index is 12.7. The lowest BCUT2D eigenvalue weighted by molar-refractivity contribution is 0.0789. The van der Waals surface area contributed by atoms with Crippen LogP contribution in [0.5, 0.6) is 5.75 Å². The first kappa shape index (κ1) is 18.9. The lowest BCUT2D eigenvalue weighted by atomic mass is 10.1. The third-order valence-corrected chi connectivity index (χ3v) is 7.19. The van der Waals surface area contributed by atoms with Crippen molar-refractivity contribution in [1.29, 1.82) is 0 Å². The largest absolute Gasteiger partial charge is 0.496 e. The van der Waals surface area contributed by atoms with E-state index in [1.807, 2.05) is 6.26 Å². The fourth-order valence-corrected chi connectivity index (χ4v) is 5.05. The van der Waals surface area contributed by atoms with Crippen LogP contribution in [0, 0.1) is 0 Å². The van der Waals surface area contributed by atoms with Crippen LogP contribution in [-0.4, -0.2) is 55.9 Å². The minimum absolute atomic E-state index is 0.0262. The summed E-state index contributed by atoms with van der Waals surface area (Å²) in [5.41, 5.74) is 0.236. The maximum Gasteiger partial charge on any atom is 0.263 e. The molecule has 2 heterocycles. The minimum Gasteiger partial charge on any atom is -0.496 e. The molecule has 0 bridgehead atoms. The van der Waals surface area contributed by atoms with E-state index < -0.39 is 10.0 Å². The van der Waals surface area contributed by atoms with E-state index in [0.717, 1.165) is 24.2 Å². The molecule has 0 unspecified atom stereocenters. The van der Waals surface area contributed by atoms with E-state index in [1.54, 1.807) is 4.90 Å². The number of nitrogens with zero attached hydrogens (tertiary/aromatic N) is 3. The summed E-state index contributed by atoms with van der Waals surface area (Å²) in [6.07, 6.45) is 3.73. The van der Waals surface area contributed by atoms with Crippen molar-refractivity contribution >= 4 is 44.2 Å². The molecule has 1 aromatic heterocycles. The molecule has 1 aliphatic rings. The van der Waals surface area contributed by atoms with E-state index in [2.05, 4.69) is 14.9 Å². The van der Waals surface area contributed by atoms with Gasteiger partial charge in [0.15, 0.2) is 4.34 Å². The molecule has 1 aromatic carbocycles. The van der Waals surface area contributed by atoms with Gasteiger partial charge in [0.25, 0.3) is 15.9 Å². The third kappa shape index (κ3) is 3.94. The first-order chi connectivity index (χ1) is 12.4. The number of likely N-dealkylation sites (tertiary alicyclic amines) is 1. The predicted molar refractivity (Wildman–Crippen MR) is 101 cm³/mol. The topological polar surface area (TPSA) is 101 Å². The van der Waals surface area contributed by atoms with Crippen LogP contribution in [0.3, 0.4) is 0 Å². The molecular formula is C15H18N4O4S3. The Morgan fingerprint density at radius 1 is 1.31 bits per heavy atom. The second kappa shape index (κ2) is 7.80. The Balaban J connectivity index is 1.91. The number of thioether (sulfide) groups is 1. The quantitative estimate of drug-likeness (QED) is 0.724. The zero-order chi connectivity index (χ0) is 18.7. The van der Waals surface area contributed by atoms with Crippen LogP contribution in [0.2, 0.25) is 0 Å². The van der Waals surface area contributed by atoms with E-state index in [0.29, 0.717) is 23.2 Å². The Morgan fingerprint density at radius 2 is 2.04 bits per heavy atom. The van der Waals surface area contributed by atoms with Crippen LogP contribution in [0.15, 0.2) is 27.4 Å². The number of methoxy groups -OCH3 is 1. The molecule has 1 aliphatic heterocycles. The van der Waals surface area contributed by atoms with Crippen LogP contribution >= 0.6 is 23.1 Å². The summed E-state index contributed by atoms with van der Waals surface area (Å²) in [5, 5.41) is 7.85. The van der Waals surface area contributed by atoms with Crippen molar-refractivity contribution < 1.29 is 17.9 Å². The van der Waals surface area contributed by atoms with Gasteiger partial charge in [-0.3, -0.25) is 9.52 Å². The van der Waals surface area contributed by atoms with Crippen molar-refractivity contribution in [2.45, 2.75) is 22.1 Å². The normalized spacial score (nSPS) is 14.5. The number of amides is 1. The van der Waals surface area contributed by atoms with Gasteiger partial charge < -0.3 is 9.64 Å². The van der Waals surface area contributed by atoms with Gasteiger partial charge in [-0.15, -0.1) is 10.2 Å². The Labute approximate surface area is 160 Å². The number of carbonyl (C=O) groups is 1. The molecule has 2 aromatic rings. The molecule has 11 heteroatoms. The van der Waals surface area contributed by atoms with Crippen molar-refractivity contribution in [2.24, 2.45) is 0 Å². The summed E-state index contributed by atoms with van der Waals surface area (Å²) in [6.45, 7) is 1.33. The Bertz CT molecular complexity index is 907. The smallest absolute Gasteiger partial charge is 0.263 e. The molecule has 3 rings (SSSR count). The summed E-state index contributed by atoms with van der Waals surface area (Å²) in [4.78, 5) is 14.4. The summed E-state index contributed by atoms with van der Waals surface area (Å²) < 4.78 is 33.6. The Hall–Kier alpha value is -1.85. The molecule has 1 saturated heterocycles. The van der Waals surface area contributed by atoms with Crippen molar-refractivity contribution in [3.8, 4) is 5.75 Å². The average molecular weight is 415 g/mol. The summed E-state index contributed by atoms with van der Waals surface area (Å²) in [7, 11) is -2.44. The number of nitrogens with one attached hydrogen (secondary N) is 1. The standard InChI is InChI=1S/C15H18N4O4S3/c1-23-12-6-5-10(9-11(12)13(20)19-7-3-4-8-19)26(21,22)18-14-16-17-15(24-2)25-14/h5-6,9H,3-4,7-8H2,1-2H3,(H,16,18). The van der Waals surface area contributed by atoms with Crippen LogP contribution < -0.4 is 9.46 Å². The van der Waals surface area contributed by atoms with E-state index in [9.17, 15) is 13.2 Å². The first-order valence-corrected chi connectivity index (χ1v) is 11.3. The average Bonchev–Trinajstić information content (AvgIpc) is 3.32. The van der Waals surface area contributed by atoms with Gasteiger partial charge in [-0.05, 0) is 37.3 Å². The molecule has 0 radical (unpaired) electrons. The highest BCUT2D eigenvalue weighted by Crippen LogP contribution is 2.28. The zero-order valence-electron chi connectivity index (χ0n) is 14.3. The summed E-state index contributed by atoms with van der Waals surface area (Å²) >= 11 is 2.52. The molecule has 26 heavy (non-hydrogen) atoms. The predicted octanol–water partition coefficient (Wildman–Crippen LogP) is 2.31. The lowest BCUT2D eigenvalue weighted by Crippen LogP contribution is -2.28. The number of sulfonamides is 1. The number of anilines is 1. The third-order valence-electron chi connectivity index (χ3n) is 3.91. The van der Waals surface area contributed by atoms with Gasteiger partial charge in [0.2, 0.25) is 5.13 Å². The highest BCUT2D eigenvalue weighted by atomic mass is 32.2. The van der Waals surface area contributed by atoms with Crippen LogP contribution in [0.25, 0.3) is 0 Å². The van der Waals surface area contributed by atoms with Gasteiger partial charge in [0.1, 0.15) is 5.75 Å². The van der Waals surface area contributed by atoms with Crippen LogP contribution in [0.4, 0.5) is 5.13 Å². The van der Waals surface area contributed by atoms with Crippen molar-refractivity contribution in [3.05, 3.63) is 23.8 Å². The van der Waals surface area contributed by atoms with E-state index in [-0.39, 0.29) is 21.5 Å². The van der Waals surface area contributed by atoms with Crippen LogP contribution in [-0.2, 0) is 10.0 Å². The fourth-order valence-electron chi connectivity index (χ4n) is 2.62. The first-order valence-electron chi connectivity index (χ1n) is 7.82. The molecule has 140 valence electrons. The SMILES string of the molecule is COc1ccc(S(=O)(=O)Nc2nnc(SC)s2)cc1C(=O)N1CCCC1. The second-order valence-corrected chi connectivity index (χ2v) is 9.26. The van der Waals surface area contributed by atoms with Gasteiger partial charge in [-0.2, -0.15) is 0 Å². The van der Waals surface area contributed by atoms with Crippen molar-refractivity contribution in [3.63, 3.8) is 0 Å². The molecular weight excluding hydrogens is 396 g/mol. The van der Waals surface area contributed by atoms with Crippen molar-refractivity contribution in [1.82, 2.24) is 15.1 Å². The van der Waals surface area contributed by atoms with E-state index >= 15 is 0 Å². The number of hydrogen-bond donors (Lipinski definition) is 1. The molecule has 0 saturated carbocycles. The highest BCUT2D eigenvalue weighted by Gasteiger charge is 2.25. The van der Waals surface area contributed by atoms with E-state index in [1.165, 1.54) is 37.1 Å². The van der Waals surface area contributed by atoms with Gasteiger partial charge in [-0.1, -0.05) is 23.1 Å². The van der Waals surface area contributed by atoms with Gasteiger partial charge in [0, 0.05) is 13.1 Å². The molecule has 8 nitrogen and oxygen atoms in total. The summed E-state index contributed by atoms with van der Waals surface area (Å²) in [6, 6.07) is 4.24. The Morgan fingerprint density at radius 3 is 2.65 bits per heavy atom. The lowest BCUT2D eigenvalue weighted by Gasteiger charge is -2.18. The number of carbonyl (C=O) groups excluding carboxylic acids is 1. The number of benzene rings is 1. The molecule has 1 N–H and O–H groups in total. The number of aromatic nitrogens is 2. The molecule has 0 spiro atoms. The molecule has 1 amide bonds. The molecule has 1 fully saturated rings. The number of rotatable bonds is 6. The Kier molecular flexibility index (Phi) is 5.68. The number of hydrogen-bond acceptors (Lipinski definition) is 8. The minimum atomic E-state index is -3.89. The number of ether oxygens (including phenoxy) is 1. The van der Waals surface area contributed by atoms with Gasteiger partial charge >= 0.3 is 0 Å². The van der Waals surface area contributed by atoms with Gasteiger partial charge in [0.05, 0.1) is 17.6 Å². The van der Waals surface area contributed by atoms with Gasteiger partial charge in [-0.25, -0.2) is 8.42 Å². The summed E-state index contributed by atoms with van der Waals surface area (Å²) in [5.74, 6) is 0.124. The monoisotopic (exact) mass is 414 g/mol. The fraction of sp³-hybridized carbons (Fsp3) is 0.400. The second-order valence-electron chi connectivity index (χ2n) is 5.54. The molecule has 0 aliphatic carbocycles. The maximum atomic E-state index is 12.7. The highest BCUT2D eigenvalue weighted by molar-refractivity contribution is 8.00. The zero-order valence-corrected chi connectivity index (χ0v) is 16.7. The molecule has 0 atom stereocenters. The van der Waals surface area contributed by atoms with E-state index in [4.69, 9.17) is 4.74 Å².